The number of ether oxygens (including phenoxy) is 1. The third kappa shape index (κ3) is 4.09. The molecular formula is C22H24N4O. The second-order valence-electron chi connectivity index (χ2n) is 6.71. The van der Waals surface area contributed by atoms with Crippen LogP contribution in [0, 0.1) is 0 Å². The molecule has 1 N–H and O–H groups in total. The molecule has 1 fully saturated rings. The maximum atomic E-state index is 5.74. The molecule has 4 rings (SSSR count). The maximum Gasteiger partial charge on any atom is 0.225 e. The van der Waals surface area contributed by atoms with Gasteiger partial charge < -0.3 is 15.0 Å². The Labute approximate surface area is 160 Å². The second kappa shape index (κ2) is 8.18. The fraction of sp³-hybridized carbons (Fsp3) is 0.273. The Bertz CT molecular complexity index is 856. The molecule has 0 spiro atoms. The molecule has 1 aromatic heterocycles. The third-order valence-corrected chi connectivity index (χ3v) is 4.89. The predicted molar refractivity (Wildman–Crippen MR) is 108 cm³/mol. The van der Waals surface area contributed by atoms with E-state index in [1.807, 2.05) is 36.5 Å². The van der Waals surface area contributed by atoms with E-state index in [0.29, 0.717) is 19.2 Å². The van der Waals surface area contributed by atoms with Crippen LogP contribution in [0.3, 0.4) is 0 Å². The molecule has 2 atom stereocenters. The lowest BCUT2D eigenvalue weighted by Crippen LogP contribution is -2.40. The van der Waals surface area contributed by atoms with Crippen molar-refractivity contribution in [3.63, 3.8) is 0 Å². The number of nitrogens with zero attached hydrogens (tertiary/aromatic N) is 3. The summed E-state index contributed by atoms with van der Waals surface area (Å²) >= 11 is 0. The summed E-state index contributed by atoms with van der Waals surface area (Å²) in [5, 5.41) is 3.41. The molecule has 138 valence electrons. The number of nitrogens with one attached hydrogen (secondary N) is 1. The van der Waals surface area contributed by atoms with E-state index < -0.39 is 0 Å². The number of anilines is 2. The summed E-state index contributed by atoms with van der Waals surface area (Å²) in [5.41, 5.74) is 2.45. The fourth-order valence-electron chi connectivity index (χ4n) is 3.43. The van der Waals surface area contributed by atoms with Crippen molar-refractivity contribution in [2.45, 2.75) is 19.0 Å². The Balaban J connectivity index is 1.55. The summed E-state index contributed by atoms with van der Waals surface area (Å²) in [4.78, 5) is 11.5. The van der Waals surface area contributed by atoms with Gasteiger partial charge in [0.2, 0.25) is 5.95 Å². The molecule has 5 heteroatoms. The van der Waals surface area contributed by atoms with Gasteiger partial charge >= 0.3 is 0 Å². The standard InChI is InChI=1S/C22H24N4O/c1-17(18-8-4-2-5-9-18)24-22-23-13-12-21(25-22)26-14-15-27-16-20(26)19-10-6-3-7-11-19/h2-13,17,20H,14-16H2,1H3,(H,23,24,25). The molecule has 0 amide bonds. The van der Waals surface area contributed by atoms with Crippen LogP contribution in [-0.2, 0) is 4.74 Å². The van der Waals surface area contributed by atoms with Crippen molar-refractivity contribution in [3.05, 3.63) is 84.1 Å². The Hall–Kier alpha value is -2.92. The lowest BCUT2D eigenvalue weighted by molar-refractivity contribution is 0.0937. The smallest absolute Gasteiger partial charge is 0.225 e. The van der Waals surface area contributed by atoms with Gasteiger partial charge in [0.25, 0.3) is 0 Å². The summed E-state index contributed by atoms with van der Waals surface area (Å²) in [6.45, 7) is 4.30. The molecule has 5 nitrogen and oxygen atoms in total. The lowest BCUT2D eigenvalue weighted by Gasteiger charge is -2.36. The highest BCUT2D eigenvalue weighted by Gasteiger charge is 2.26. The van der Waals surface area contributed by atoms with E-state index in [2.05, 4.69) is 58.5 Å². The summed E-state index contributed by atoms with van der Waals surface area (Å²) in [7, 11) is 0. The van der Waals surface area contributed by atoms with Crippen LogP contribution < -0.4 is 10.2 Å². The summed E-state index contributed by atoms with van der Waals surface area (Å²) in [6, 6.07) is 23.0. The molecule has 3 aromatic rings. The molecule has 0 aliphatic carbocycles. The summed E-state index contributed by atoms with van der Waals surface area (Å²) in [5.74, 6) is 1.56. The molecule has 0 saturated carbocycles. The fourth-order valence-corrected chi connectivity index (χ4v) is 3.43. The Morgan fingerprint density at radius 3 is 2.56 bits per heavy atom. The number of morpholine rings is 1. The summed E-state index contributed by atoms with van der Waals surface area (Å²) < 4.78 is 5.74. The molecular weight excluding hydrogens is 336 g/mol. The van der Waals surface area contributed by atoms with Crippen LogP contribution >= 0.6 is 0 Å². The Kier molecular flexibility index (Phi) is 5.30. The van der Waals surface area contributed by atoms with Gasteiger partial charge in [-0.25, -0.2) is 4.98 Å². The minimum absolute atomic E-state index is 0.135. The average molecular weight is 360 g/mol. The van der Waals surface area contributed by atoms with Gasteiger partial charge in [0.05, 0.1) is 25.3 Å². The SMILES string of the molecule is CC(Nc1nccc(N2CCOCC2c2ccccc2)n1)c1ccccc1. The molecule has 0 radical (unpaired) electrons. The molecule has 1 aliphatic heterocycles. The first-order valence-electron chi connectivity index (χ1n) is 9.35. The van der Waals surface area contributed by atoms with E-state index in [-0.39, 0.29) is 12.1 Å². The zero-order chi connectivity index (χ0) is 18.5. The van der Waals surface area contributed by atoms with E-state index in [1.165, 1.54) is 11.1 Å². The monoisotopic (exact) mass is 360 g/mol. The minimum atomic E-state index is 0.135. The van der Waals surface area contributed by atoms with Crippen LogP contribution in [0.1, 0.15) is 30.1 Å². The molecule has 2 unspecified atom stereocenters. The zero-order valence-electron chi connectivity index (χ0n) is 15.5. The normalized spacial score (nSPS) is 18.1. The zero-order valence-corrected chi connectivity index (χ0v) is 15.5. The highest BCUT2D eigenvalue weighted by molar-refractivity contribution is 5.46. The van der Waals surface area contributed by atoms with Gasteiger partial charge in [0, 0.05) is 12.7 Å². The molecule has 1 aliphatic rings. The lowest BCUT2D eigenvalue weighted by atomic mass is 10.1. The van der Waals surface area contributed by atoms with Crippen LogP contribution in [0.4, 0.5) is 11.8 Å². The van der Waals surface area contributed by atoms with Crippen LogP contribution in [0.15, 0.2) is 72.9 Å². The van der Waals surface area contributed by atoms with Gasteiger partial charge in [-0.05, 0) is 24.1 Å². The van der Waals surface area contributed by atoms with Gasteiger partial charge in [-0.15, -0.1) is 0 Å². The highest BCUT2D eigenvalue weighted by Crippen LogP contribution is 2.29. The van der Waals surface area contributed by atoms with Gasteiger partial charge in [-0.1, -0.05) is 60.7 Å². The average Bonchev–Trinajstić information content (AvgIpc) is 2.75. The van der Waals surface area contributed by atoms with Crippen molar-refractivity contribution >= 4 is 11.8 Å². The number of aromatic nitrogens is 2. The van der Waals surface area contributed by atoms with Crippen LogP contribution in [0.25, 0.3) is 0 Å². The second-order valence-corrected chi connectivity index (χ2v) is 6.71. The van der Waals surface area contributed by atoms with Crippen molar-refractivity contribution in [2.24, 2.45) is 0 Å². The minimum Gasteiger partial charge on any atom is -0.377 e. The van der Waals surface area contributed by atoms with Crippen molar-refractivity contribution in [1.29, 1.82) is 0 Å². The quantitative estimate of drug-likeness (QED) is 0.738. The molecule has 2 aromatic carbocycles. The van der Waals surface area contributed by atoms with Crippen LogP contribution in [0.5, 0.6) is 0 Å². The van der Waals surface area contributed by atoms with Crippen molar-refractivity contribution in [1.82, 2.24) is 9.97 Å². The number of hydrogen-bond acceptors (Lipinski definition) is 5. The van der Waals surface area contributed by atoms with Crippen LogP contribution in [-0.4, -0.2) is 29.7 Å². The largest absolute Gasteiger partial charge is 0.377 e. The molecule has 2 heterocycles. The molecule has 0 bridgehead atoms. The third-order valence-electron chi connectivity index (χ3n) is 4.89. The van der Waals surface area contributed by atoms with Gasteiger partial charge in [-0.2, -0.15) is 4.98 Å². The number of hydrogen-bond donors (Lipinski definition) is 1. The van der Waals surface area contributed by atoms with E-state index in [1.54, 1.807) is 0 Å². The highest BCUT2D eigenvalue weighted by atomic mass is 16.5. The van der Waals surface area contributed by atoms with Crippen molar-refractivity contribution < 1.29 is 4.74 Å². The Morgan fingerprint density at radius 1 is 1.04 bits per heavy atom. The van der Waals surface area contributed by atoms with E-state index in [9.17, 15) is 0 Å². The van der Waals surface area contributed by atoms with E-state index >= 15 is 0 Å². The Morgan fingerprint density at radius 2 is 1.78 bits per heavy atom. The molecule has 27 heavy (non-hydrogen) atoms. The van der Waals surface area contributed by atoms with E-state index in [0.717, 1.165) is 12.4 Å². The van der Waals surface area contributed by atoms with Gasteiger partial charge in [0.1, 0.15) is 5.82 Å². The maximum absolute atomic E-state index is 5.74. The summed E-state index contributed by atoms with van der Waals surface area (Å²) in [6.07, 6.45) is 1.82. The first-order valence-corrected chi connectivity index (χ1v) is 9.35. The first kappa shape index (κ1) is 17.5. The molecule has 1 saturated heterocycles. The first-order chi connectivity index (χ1) is 13.3. The number of rotatable bonds is 5. The van der Waals surface area contributed by atoms with Gasteiger partial charge in [0.15, 0.2) is 0 Å². The van der Waals surface area contributed by atoms with Crippen molar-refractivity contribution in [2.75, 3.05) is 30.0 Å². The van der Waals surface area contributed by atoms with Gasteiger partial charge in [-0.3, -0.25) is 0 Å². The number of benzene rings is 2. The topological polar surface area (TPSA) is 50.3 Å². The van der Waals surface area contributed by atoms with E-state index in [4.69, 9.17) is 9.72 Å². The van der Waals surface area contributed by atoms with Crippen LogP contribution in [0.2, 0.25) is 0 Å². The van der Waals surface area contributed by atoms with Crippen molar-refractivity contribution in [3.8, 4) is 0 Å². The predicted octanol–water partition coefficient (Wildman–Crippen LogP) is 4.23.